The summed E-state index contributed by atoms with van der Waals surface area (Å²) >= 11 is 1.45. The number of hydrogen-bond donors (Lipinski definition) is 2. The molecule has 0 saturated carbocycles. The van der Waals surface area contributed by atoms with E-state index in [1.54, 1.807) is 0 Å². The maximum absolute atomic E-state index is 12.0. The average Bonchev–Trinajstić information content (AvgIpc) is 2.56. The van der Waals surface area contributed by atoms with Crippen LogP contribution in [-0.2, 0) is 9.59 Å². The van der Waals surface area contributed by atoms with Gasteiger partial charge in [-0.3, -0.25) is 9.59 Å². The van der Waals surface area contributed by atoms with Crippen molar-refractivity contribution in [2.24, 2.45) is 5.92 Å². The minimum Gasteiger partial charge on any atom is -0.344 e. The maximum atomic E-state index is 12.0. The van der Waals surface area contributed by atoms with Gasteiger partial charge in [-0.05, 0) is 26.2 Å². The molecule has 2 N–H and O–H groups in total. The van der Waals surface area contributed by atoms with Gasteiger partial charge in [0, 0.05) is 11.3 Å². The Morgan fingerprint density at radius 2 is 2.22 bits per heavy atom. The average molecular weight is 267 g/mol. The molecule has 0 aromatic carbocycles. The third-order valence-electron chi connectivity index (χ3n) is 3.08. The number of nitrogens with one attached hydrogen (secondary N) is 2. The van der Waals surface area contributed by atoms with Crippen LogP contribution in [0.5, 0.6) is 0 Å². The van der Waals surface area contributed by atoms with Gasteiger partial charge in [0.1, 0.15) is 6.04 Å². The molecule has 1 aromatic rings. The lowest BCUT2D eigenvalue weighted by Gasteiger charge is -2.26. The van der Waals surface area contributed by atoms with Gasteiger partial charge >= 0.3 is 0 Å². The largest absolute Gasteiger partial charge is 0.344 e. The summed E-state index contributed by atoms with van der Waals surface area (Å²) in [5.41, 5.74) is 0.927. The highest BCUT2D eigenvalue weighted by atomic mass is 32.1. The number of carbonyl (C=O) groups excluding carboxylic acids is 2. The molecule has 98 valence electrons. The fourth-order valence-corrected chi connectivity index (χ4v) is 2.82. The Hall–Kier alpha value is -1.43. The zero-order valence-corrected chi connectivity index (χ0v) is 11.6. The van der Waals surface area contributed by atoms with Gasteiger partial charge in [0.05, 0.1) is 5.69 Å². The molecule has 1 aromatic heterocycles. The van der Waals surface area contributed by atoms with Gasteiger partial charge < -0.3 is 10.6 Å². The van der Waals surface area contributed by atoms with Crippen molar-refractivity contribution in [2.45, 2.75) is 39.7 Å². The summed E-state index contributed by atoms with van der Waals surface area (Å²) in [5, 5.41) is 6.08. The molecule has 2 rings (SSSR count). The number of amides is 2. The standard InChI is InChI=1S/C12H17N3O2S/c1-6-4-9(14-10(16)5-6)11(17)15-12-13-7(2)8(3)18-12/h6,9H,4-5H2,1-3H3,(H,14,16)(H,13,15,17)/t6-,9-/m0/s1. The Balaban J connectivity index is 2.01. The van der Waals surface area contributed by atoms with Crippen molar-refractivity contribution in [1.82, 2.24) is 10.3 Å². The lowest BCUT2D eigenvalue weighted by molar-refractivity contribution is -0.129. The first-order valence-electron chi connectivity index (χ1n) is 6.00. The number of piperidine rings is 1. The van der Waals surface area contributed by atoms with Crippen LogP contribution >= 0.6 is 11.3 Å². The first-order valence-corrected chi connectivity index (χ1v) is 6.81. The summed E-state index contributed by atoms with van der Waals surface area (Å²) in [4.78, 5) is 28.8. The summed E-state index contributed by atoms with van der Waals surface area (Å²) in [5.74, 6) is 0.0123. The van der Waals surface area contributed by atoms with E-state index in [1.807, 2.05) is 20.8 Å². The second-order valence-corrected chi connectivity index (χ2v) is 6.02. The van der Waals surface area contributed by atoms with Crippen LogP contribution in [-0.4, -0.2) is 22.8 Å². The fraction of sp³-hybridized carbons (Fsp3) is 0.583. The summed E-state index contributed by atoms with van der Waals surface area (Å²) in [6, 6.07) is -0.439. The highest BCUT2D eigenvalue weighted by molar-refractivity contribution is 7.15. The molecule has 2 atom stereocenters. The third kappa shape index (κ3) is 2.87. The van der Waals surface area contributed by atoms with E-state index in [1.165, 1.54) is 11.3 Å². The van der Waals surface area contributed by atoms with Crippen LogP contribution in [0.25, 0.3) is 0 Å². The Morgan fingerprint density at radius 3 is 2.78 bits per heavy atom. The van der Waals surface area contributed by atoms with Gasteiger partial charge in [-0.1, -0.05) is 6.92 Å². The zero-order chi connectivity index (χ0) is 13.3. The first kappa shape index (κ1) is 13.0. The van der Waals surface area contributed by atoms with Crippen LogP contribution in [0.2, 0.25) is 0 Å². The lowest BCUT2D eigenvalue weighted by atomic mass is 9.93. The predicted molar refractivity (Wildman–Crippen MR) is 70.5 cm³/mol. The molecule has 18 heavy (non-hydrogen) atoms. The van der Waals surface area contributed by atoms with Crippen molar-refractivity contribution >= 4 is 28.3 Å². The number of thiazole rings is 1. The predicted octanol–water partition coefficient (Wildman–Crippen LogP) is 1.61. The zero-order valence-electron chi connectivity index (χ0n) is 10.7. The van der Waals surface area contributed by atoms with E-state index in [0.29, 0.717) is 18.0 Å². The number of carbonyl (C=O) groups is 2. The van der Waals surface area contributed by atoms with E-state index in [4.69, 9.17) is 0 Å². The first-order chi connectivity index (χ1) is 8.45. The van der Waals surface area contributed by atoms with E-state index in [9.17, 15) is 9.59 Å². The van der Waals surface area contributed by atoms with Crippen molar-refractivity contribution < 1.29 is 9.59 Å². The summed E-state index contributed by atoms with van der Waals surface area (Å²) in [6.45, 7) is 5.86. The number of hydrogen-bond acceptors (Lipinski definition) is 4. The molecular formula is C12H17N3O2S. The lowest BCUT2D eigenvalue weighted by Crippen LogP contribution is -2.48. The minimum absolute atomic E-state index is 0.0552. The molecule has 0 radical (unpaired) electrons. The monoisotopic (exact) mass is 267 g/mol. The normalized spacial score (nSPS) is 23.6. The van der Waals surface area contributed by atoms with E-state index < -0.39 is 6.04 Å². The van der Waals surface area contributed by atoms with Gasteiger partial charge in [-0.15, -0.1) is 11.3 Å². The molecule has 2 amide bonds. The second-order valence-electron chi connectivity index (χ2n) is 4.81. The van der Waals surface area contributed by atoms with Crippen molar-refractivity contribution in [3.05, 3.63) is 10.6 Å². The molecule has 1 fully saturated rings. The van der Waals surface area contributed by atoms with E-state index in [2.05, 4.69) is 15.6 Å². The number of aryl methyl sites for hydroxylation is 2. The van der Waals surface area contributed by atoms with Crippen LogP contribution in [0.4, 0.5) is 5.13 Å². The fourth-order valence-electron chi connectivity index (χ4n) is 2.01. The molecule has 0 bridgehead atoms. The molecule has 1 saturated heterocycles. The number of nitrogens with zero attached hydrogens (tertiary/aromatic N) is 1. The highest BCUT2D eigenvalue weighted by Crippen LogP contribution is 2.22. The van der Waals surface area contributed by atoms with E-state index in [-0.39, 0.29) is 17.7 Å². The molecule has 2 heterocycles. The third-order valence-corrected chi connectivity index (χ3v) is 4.07. The molecule has 0 spiro atoms. The Labute approximate surface area is 110 Å². The molecular weight excluding hydrogens is 250 g/mol. The maximum Gasteiger partial charge on any atom is 0.248 e. The highest BCUT2D eigenvalue weighted by Gasteiger charge is 2.29. The van der Waals surface area contributed by atoms with Gasteiger partial charge in [0.15, 0.2) is 5.13 Å². The molecule has 0 aliphatic carbocycles. The Bertz CT molecular complexity index is 464. The SMILES string of the molecule is Cc1nc(NC(=O)[C@@H]2C[C@H](C)CC(=O)N2)sc1C. The van der Waals surface area contributed by atoms with Crippen LogP contribution in [0.1, 0.15) is 30.3 Å². The number of anilines is 1. The van der Waals surface area contributed by atoms with E-state index in [0.717, 1.165) is 10.6 Å². The van der Waals surface area contributed by atoms with Crippen LogP contribution in [0, 0.1) is 19.8 Å². The summed E-state index contributed by atoms with van der Waals surface area (Å²) in [7, 11) is 0. The second kappa shape index (κ2) is 5.06. The number of aromatic nitrogens is 1. The molecule has 1 aliphatic rings. The van der Waals surface area contributed by atoms with Crippen molar-refractivity contribution in [1.29, 1.82) is 0 Å². The van der Waals surface area contributed by atoms with Crippen LogP contribution < -0.4 is 10.6 Å². The van der Waals surface area contributed by atoms with Gasteiger partial charge in [-0.25, -0.2) is 4.98 Å². The smallest absolute Gasteiger partial charge is 0.248 e. The topological polar surface area (TPSA) is 71.1 Å². The quantitative estimate of drug-likeness (QED) is 0.855. The molecule has 0 unspecified atom stereocenters. The molecule has 5 nitrogen and oxygen atoms in total. The van der Waals surface area contributed by atoms with Gasteiger partial charge in [0.2, 0.25) is 11.8 Å². The van der Waals surface area contributed by atoms with Crippen LogP contribution in [0.3, 0.4) is 0 Å². The summed E-state index contributed by atoms with van der Waals surface area (Å²) < 4.78 is 0. The van der Waals surface area contributed by atoms with Crippen molar-refractivity contribution in [3.8, 4) is 0 Å². The van der Waals surface area contributed by atoms with Crippen molar-refractivity contribution in [2.75, 3.05) is 5.32 Å². The Kier molecular flexibility index (Phi) is 3.65. The van der Waals surface area contributed by atoms with Crippen LogP contribution in [0.15, 0.2) is 0 Å². The van der Waals surface area contributed by atoms with E-state index >= 15 is 0 Å². The molecule has 6 heteroatoms. The van der Waals surface area contributed by atoms with Gasteiger partial charge in [0.25, 0.3) is 0 Å². The van der Waals surface area contributed by atoms with Gasteiger partial charge in [-0.2, -0.15) is 0 Å². The minimum atomic E-state index is -0.439. The van der Waals surface area contributed by atoms with Crippen molar-refractivity contribution in [3.63, 3.8) is 0 Å². The summed E-state index contributed by atoms with van der Waals surface area (Å²) in [6.07, 6.45) is 1.18. The molecule has 1 aliphatic heterocycles. The Morgan fingerprint density at radius 1 is 1.50 bits per heavy atom. The number of rotatable bonds is 2.